The van der Waals surface area contributed by atoms with E-state index in [0.29, 0.717) is 18.7 Å². The molecule has 1 aliphatic rings. The molecular weight excluding hydrogens is 410 g/mol. The average molecular weight is 444 g/mol. The van der Waals surface area contributed by atoms with E-state index in [1.165, 1.54) is 31.5 Å². The summed E-state index contributed by atoms with van der Waals surface area (Å²) in [5.41, 5.74) is 3.00. The van der Waals surface area contributed by atoms with Gasteiger partial charge in [-0.2, -0.15) is 0 Å². The fraction of sp³-hybridized carbons (Fsp3) is 0.357. The van der Waals surface area contributed by atoms with Crippen molar-refractivity contribution in [2.45, 2.75) is 39.3 Å². The molecule has 3 aromatic carbocycles. The van der Waals surface area contributed by atoms with Crippen LogP contribution in [0.3, 0.4) is 0 Å². The van der Waals surface area contributed by atoms with Crippen LogP contribution in [0.2, 0.25) is 0 Å². The fourth-order valence-corrected chi connectivity index (χ4v) is 4.46. The Hall–Kier alpha value is -3.18. The third-order valence-electron chi connectivity index (χ3n) is 6.31. The van der Waals surface area contributed by atoms with Gasteiger partial charge in [-0.25, -0.2) is 0 Å². The van der Waals surface area contributed by atoms with Gasteiger partial charge in [-0.1, -0.05) is 61.5 Å². The molecule has 172 valence electrons. The van der Waals surface area contributed by atoms with Gasteiger partial charge in [0.1, 0.15) is 0 Å². The van der Waals surface area contributed by atoms with Crippen LogP contribution < -0.4 is 10.6 Å². The van der Waals surface area contributed by atoms with Crippen LogP contribution >= 0.6 is 0 Å². The normalized spacial score (nSPS) is 16.5. The van der Waals surface area contributed by atoms with E-state index >= 15 is 0 Å². The number of amides is 2. The third-order valence-corrected chi connectivity index (χ3v) is 6.31. The Balaban J connectivity index is 1.17. The highest BCUT2D eigenvalue weighted by atomic mass is 16.2. The SMILES string of the molecule is CC1CCCN(Cc2ccc(CNC(=O)CCNC(=O)c3ccc4ccccc4c3)cc2)C1. The van der Waals surface area contributed by atoms with Crippen LogP contribution in [-0.4, -0.2) is 36.3 Å². The predicted octanol–water partition coefficient (Wildman–Crippen LogP) is 4.51. The molecule has 1 fully saturated rings. The fourth-order valence-electron chi connectivity index (χ4n) is 4.46. The van der Waals surface area contributed by atoms with E-state index in [0.717, 1.165) is 28.8 Å². The molecule has 1 saturated heterocycles. The molecule has 1 aliphatic heterocycles. The van der Waals surface area contributed by atoms with Crippen molar-refractivity contribution >= 4 is 22.6 Å². The van der Waals surface area contributed by atoms with E-state index in [9.17, 15) is 9.59 Å². The largest absolute Gasteiger partial charge is 0.352 e. The molecule has 0 aromatic heterocycles. The number of hydrogen-bond donors (Lipinski definition) is 2. The first-order valence-corrected chi connectivity index (χ1v) is 11.9. The molecule has 1 atom stereocenters. The Labute approximate surface area is 196 Å². The summed E-state index contributed by atoms with van der Waals surface area (Å²) in [5, 5.41) is 7.91. The number of piperidine rings is 1. The Kier molecular flexibility index (Phi) is 7.74. The molecule has 0 saturated carbocycles. The number of rotatable bonds is 8. The number of carbonyl (C=O) groups is 2. The molecular formula is C28H33N3O2. The van der Waals surface area contributed by atoms with Crippen molar-refractivity contribution in [1.82, 2.24) is 15.5 Å². The predicted molar refractivity (Wildman–Crippen MR) is 133 cm³/mol. The molecule has 0 radical (unpaired) electrons. The smallest absolute Gasteiger partial charge is 0.251 e. The quantitative estimate of drug-likeness (QED) is 0.539. The van der Waals surface area contributed by atoms with Crippen molar-refractivity contribution in [3.63, 3.8) is 0 Å². The van der Waals surface area contributed by atoms with Gasteiger partial charge in [-0.05, 0) is 59.3 Å². The summed E-state index contributed by atoms with van der Waals surface area (Å²) in [4.78, 5) is 27.1. The van der Waals surface area contributed by atoms with E-state index in [-0.39, 0.29) is 18.2 Å². The zero-order valence-electron chi connectivity index (χ0n) is 19.3. The molecule has 4 rings (SSSR count). The molecule has 0 bridgehead atoms. The zero-order chi connectivity index (χ0) is 23.0. The minimum atomic E-state index is -0.160. The lowest BCUT2D eigenvalue weighted by Crippen LogP contribution is -2.33. The lowest BCUT2D eigenvalue weighted by molar-refractivity contribution is -0.121. The first kappa shape index (κ1) is 23.0. The number of benzene rings is 3. The van der Waals surface area contributed by atoms with Gasteiger partial charge in [-0.15, -0.1) is 0 Å². The van der Waals surface area contributed by atoms with Gasteiger partial charge in [0.25, 0.3) is 5.91 Å². The van der Waals surface area contributed by atoms with Gasteiger partial charge in [0.15, 0.2) is 0 Å². The van der Waals surface area contributed by atoms with E-state index in [1.807, 2.05) is 42.5 Å². The summed E-state index contributed by atoms with van der Waals surface area (Å²) < 4.78 is 0. The van der Waals surface area contributed by atoms with Gasteiger partial charge in [-0.3, -0.25) is 14.5 Å². The van der Waals surface area contributed by atoms with Crippen molar-refractivity contribution in [2.24, 2.45) is 5.92 Å². The van der Waals surface area contributed by atoms with Gasteiger partial charge >= 0.3 is 0 Å². The van der Waals surface area contributed by atoms with Crippen molar-refractivity contribution in [3.8, 4) is 0 Å². The molecule has 1 heterocycles. The summed E-state index contributed by atoms with van der Waals surface area (Å²) in [6.45, 7) is 6.48. The number of fused-ring (bicyclic) bond motifs is 1. The number of nitrogens with one attached hydrogen (secondary N) is 2. The maximum Gasteiger partial charge on any atom is 0.251 e. The Morgan fingerprint density at radius 1 is 0.939 bits per heavy atom. The number of likely N-dealkylation sites (tertiary alicyclic amines) is 1. The van der Waals surface area contributed by atoms with Gasteiger partial charge in [0, 0.05) is 38.2 Å². The molecule has 3 aromatic rings. The lowest BCUT2D eigenvalue weighted by atomic mass is 9.99. The topological polar surface area (TPSA) is 61.4 Å². The lowest BCUT2D eigenvalue weighted by Gasteiger charge is -2.30. The second-order valence-electron chi connectivity index (χ2n) is 9.14. The van der Waals surface area contributed by atoms with E-state index in [1.54, 1.807) is 0 Å². The summed E-state index contributed by atoms with van der Waals surface area (Å²) in [6.07, 6.45) is 2.88. The minimum absolute atomic E-state index is 0.0693. The van der Waals surface area contributed by atoms with Crippen LogP contribution in [0, 0.1) is 5.92 Å². The standard InChI is InChI=1S/C28H33N3O2/c1-21-5-4-16-31(19-21)20-23-10-8-22(9-11-23)18-30-27(32)14-15-29-28(33)26-13-12-24-6-2-3-7-25(24)17-26/h2-3,6-13,17,21H,4-5,14-16,18-20H2,1H3,(H,29,33)(H,30,32). The summed E-state index contributed by atoms with van der Waals surface area (Å²) in [5.74, 6) is 0.554. The number of hydrogen-bond acceptors (Lipinski definition) is 3. The monoisotopic (exact) mass is 443 g/mol. The molecule has 33 heavy (non-hydrogen) atoms. The summed E-state index contributed by atoms with van der Waals surface area (Å²) in [7, 11) is 0. The molecule has 1 unspecified atom stereocenters. The van der Waals surface area contributed by atoms with Crippen LogP contribution in [0.25, 0.3) is 10.8 Å². The highest BCUT2D eigenvalue weighted by Crippen LogP contribution is 2.18. The molecule has 5 nitrogen and oxygen atoms in total. The first-order chi connectivity index (χ1) is 16.1. The maximum absolute atomic E-state index is 12.4. The maximum atomic E-state index is 12.4. The van der Waals surface area contributed by atoms with Crippen molar-refractivity contribution < 1.29 is 9.59 Å². The highest BCUT2D eigenvalue weighted by molar-refractivity contribution is 5.98. The minimum Gasteiger partial charge on any atom is -0.352 e. The van der Waals surface area contributed by atoms with Gasteiger partial charge in [0.2, 0.25) is 5.91 Å². The van der Waals surface area contributed by atoms with E-state index in [4.69, 9.17) is 0 Å². The van der Waals surface area contributed by atoms with Crippen LogP contribution in [-0.2, 0) is 17.9 Å². The number of carbonyl (C=O) groups excluding carboxylic acids is 2. The Morgan fingerprint density at radius 3 is 2.48 bits per heavy atom. The number of nitrogens with zero attached hydrogens (tertiary/aromatic N) is 1. The molecule has 0 aliphatic carbocycles. The molecule has 5 heteroatoms. The van der Waals surface area contributed by atoms with Crippen LogP contribution in [0.5, 0.6) is 0 Å². The molecule has 2 amide bonds. The van der Waals surface area contributed by atoms with E-state index < -0.39 is 0 Å². The second-order valence-corrected chi connectivity index (χ2v) is 9.14. The Morgan fingerprint density at radius 2 is 1.70 bits per heavy atom. The van der Waals surface area contributed by atoms with Crippen LogP contribution in [0.1, 0.15) is 47.7 Å². The van der Waals surface area contributed by atoms with Crippen molar-refractivity contribution in [2.75, 3.05) is 19.6 Å². The average Bonchev–Trinajstić information content (AvgIpc) is 2.83. The van der Waals surface area contributed by atoms with Crippen molar-refractivity contribution in [3.05, 3.63) is 83.4 Å². The van der Waals surface area contributed by atoms with Crippen LogP contribution in [0.4, 0.5) is 0 Å². The second kappa shape index (κ2) is 11.1. The highest BCUT2D eigenvalue weighted by Gasteiger charge is 2.16. The molecule has 0 spiro atoms. The van der Waals surface area contributed by atoms with Crippen LogP contribution in [0.15, 0.2) is 66.7 Å². The summed E-state index contributed by atoms with van der Waals surface area (Å²) >= 11 is 0. The zero-order valence-corrected chi connectivity index (χ0v) is 19.3. The third kappa shape index (κ3) is 6.65. The van der Waals surface area contributed by atoms with Crippen molar-refractivity contribution in [1.29, 1.82) is 0 Å². The first-order valence-electron chi connectivity index (χ1n) is 11.9. The van der Waals surface area contributed by atoms with E-state index in [2.05, 4.69) is 46.7 Å². The van der Waals surface area contributed by atoms with Gasteiger partial charge < -0.3 is 10.6 Å². The summed E-state index contributed by atoms with van der Waals surface area (Å²) in [6, 6.07) is 22.1. The Bertz CT molecular complexity index is 1090. The van der Waals surface area contributed by atoms with Gasteiger partial charge in [0.05, 0.1) is 0 Å². The molecule has 2 N–H and O–H groups in total.